The Morgan fingerprint density at radius 1 is 1.24 bits per heavy atom. The summed E-state index contributed by atoms with van der Waals surface area (Å²) in [6.07, 6.45) is 1.73. The zero-order valence-corrected chi connectivity index (χ0v) is 10.8. The zero-order chi connectivity index (χ0) is 15.2. The van der Waals surface area contributed by atoms with Gasteiger partial charge in [-0.1, -0.05) is 5.16 Å². The van der Waals surface area contributed by atoms with Gasteiger partial charge in [-0.2, -0.15) is 4.98 Å². The molecule has 0 aliphatic rings. The molecule has 21 heavy (non-hydrogen) atoms. The summed E-state index contributed by atoms with van der Waals surface area (Å²) in [5, 5.41) is 28.2. The molecule has 10 nitrogen and oxygen atoms in total. The Morgan fingerprint density at radius 3 is 2.67 bits per heavy atom. The van der Waals surface area contributed by atoms with Crippen LogP contribution in [-0.4, -0.2) is 26.5 Å². The Balaban J connectivity index is 1.98. The Hall–Kier alpha value is -2.88. The molecule has 0 aliphatic carbocycles. The predicted octanol–water partition coefficient (Wildman–Crippen LogP) is 1.22. The number of nitro benzene ring substituents is 2. The van der Waals surface area contributed by atoms with Crippen molar-refractivity contribution >= 4 is 11.4 Å². The molecule has 10 heteroatoms. The molecule has 1 aromatic carbocycles. The monoisotopic (exact) mass is 293 g/mol. The normalized spacial score (nSPS) is 10.5. The van der Waals surface area contributed by atoms with E-state index < -0.39 is 9.85 Å². The van der Waals surface area contributed by atoms with Gasteiger partial charge in [-0.25, -0.2) is 0 Å². The second-order valence-corrected chi connectivity index (χ2v) is 4.10. The molecule has 110 valence electrons. The standard InChI is InChI=1S/C11H11N5O5/c17-15(18)9-2-1-8(10(5-9)16(19)20)6-12-4-3-11-13-7-21-14-11/h1-2,5,7,12H,3-4,6H2. The largest absolute Gasteiger partial charge is 0.343 e. The van der Waals surface area contributed by atoms with Crippen LogP contribution in [0.15, 0.2) is 29.1 Å². The van der Waals surface area contributed by atoms with E-state index in [9.17, 15) is 20.2 Å². The fourth-order valence-electron chi connectivity index (χ4n) is 1.71. The third-order valence-corrected chi connectivity index (χ3v) is 2.72. The number of non-ortho nitro benzene ring substituents is 1. The van der Waals surface area contributed by atoms with Gasteiger partial charge in [0, 0.05) is 31.1 Å². The van der Waals surface area contributed by atoms with Gasteiger partial charge in [-0.15, -0.1) is 0 Å². The molecule has 0 fully saturated rings. The van der Waals surface area contributed by atoms with Crippen LogP contribution in [0.4, 0.5) is 11.4 Å². The molecule has 0 amide bonds. The van der Waals surface area contributed by atoms with Crippen molar-refractivity contribution in [2.24, 2.45) is 0 Å². The first-order valence-corrected chi connectivity index (χ1v) is 5.95. The molecule has 0 radical (unpaired) electrons. The molecular formula is C11H11N5O5. The lowest BCUT2D eigenvalue weighted by Gasteiger charge is -2.04. The Labute approximate surface area is 118 Å². The average Bonchev–Trinajstić information content (AvgIpc) is 2.96. The van der Waals surface area contributed by atoms with Gasteiger partial charge in [-0.3, -0.25) is 20.2 Å². The van der Waals surface area contributed by atoms with Gasteiger partial charge in [0.1, 0.15) is 0 Å². The van der Waals surface area contributed by atoms with Gasteiger partial charge in [0.25, 0.3) is 11.4 Å². The molecule has 0 aliphatic heterocycles. The number of nitrogens with one attached hydrogen (secondary N) is 1. The highest BCUT2D eigenvalue weighted by Gasteiger charge is 2.18. The highest BCUT2D eigenvalue weighted by molar-refractivity contribution is 5.49. The van der Waals surface area contributed by atoms with Crippen LogP contribution >= 0.6 is 0 Å². The summed E-state index contributed by atoms with van der Waals surface area (Å²) in [7, 11) is 0. The van der Waals surface area contributed by atoms with E-state index >= 15 is 0 Å². The molecule has 2 rings (SSSR count). The van der Waals surface area contributed by atoms with E-state index in [0.717, 1.165) is 6.07 Å². The fourth-order valence-corrected chi connectivity index (χ4v) is 1.71. The first-order valence-electron chi connectivity index (χ1n) is 5.95. The van der Waals surface area contributed by atoms with E-state index in [0.29, 0.717) is 24.4 Å². The third-order valence-electron chi connectivity index (χ3n) is 2.72. The SMILES string of the molecule is O=[N+]([O-])c1ccc(CNCCc2ncon2)c([N+](=O)[O-])c1. The summed E-state index contributed by atoms with van der Waals surface area (Å²) in [6, 6.07) is 3.57. The molecule has 0 saturated heterocycles. The molecule has 0 saturated carbocycles. The van der Waals surface area contributed by atoms with E-state index in [1.165, 1.54) is 18.5 Å². The topological polar surface area (TPSA) is 137 Å². The van der Waals surface area contributed by atoms with E-state index in [1.54, 1.807) is 0 Å². The maximum atomic E-state index is 10.9. The smallest absolute Gasteiger partial charge is 0.280 e. The van der Waals surface area contributed by atoms with E-state index in [4.69, 9.17) is 0 Å². The number of rotatable bonds is 7. The van der Waals surface area contributed by atoms with E-state index in [-0.39, 0.29) is 17.9 Å². The highest BCUT2D eigenvalue weighted by atomic mass is 16.6. The molecule has 0 spiro atoms. The van der Waals surface area contributed by atoms with E-state index in [2.05, 4.69) is 20.0 Å². The Kier molecular flexibility index (Phi) is 4.51. The van der Waals surface area contributed by atoms with Crippen LogP contribution in [-0.2, 0) is 13.0 Å². The number of aromatic nitrogens is 2. The average molecular weight is 293 g/mol. The number of benzene rings is 1. The summed E-state index contributed by atoms with van der Waals surface area (Å²) < 4.78 is 4.57. The van der Waals surface area contributed by atoms with Crippen LogP contribution < -0.4 is 5.32 Å². The number of hydrogen-bond acceptors (Lipinski definition) is 8. The fraction of sp³-hybridized carbons (Fsp3) is 0.273. The maximum Gasteiger partial charge on any atom is 0.280 e. The van der Waals surface area contributed by atoms with Gasteiger partial charge in [0.15, 0.2) is 5.82 Å². The van der Waals surface area contributed by atoms with Crippen LogP contribution in [0.1, 0.15) is 11.4 Å². The highest BCUT2D eigenvalue weighted by Crippen LogP contribution is 2.24. The van der Waals surface area contributed by atoms with Crippen molar-refractivity contribution in [2.45, 2.75) is 13.0 Å². The third kappa shape index (κ3) is 3.79. The van der Waals surface area contributed by atoms with Crippen molar-refractivity contribution in [2.75, 3.05) is 6.54 Å². The van der Waals surface area contributed by atoms with Crippen molar-refractivity contribution < 1.29 is 14.4 Å². The molecule has 2 aromatic rings. The minimum Gasteiger partial charge on any atom is -0.343 e. The molecule has 1 heterocycles. The van der Waals surface area contributed by atoms with Gasteiger partial charge in [-0.05, 0) is 6.07 Å². The van der Waals surface area contributed by atoms with Crippen LogP contribution in [0, 0.1) is 20.2 Å². The minimum absolute atomic E-state index is 0.214. The number of nitro groups is 2. The molecular weight excluding hydrogens is 282 g/mol. The molecule has 0 atom stereocenters. The predicted molar refractivity (Wildman–Crippen MR) is 69.5 cm³/mol. The second kappa shape index (κ2) is 6.52. The van der Waals surface area contributed by atoms with Gasteiger partial charge >= 0.3 is 0 Å². The molecule has 1 aromatic heterocycles. The molecule has 1 N–H and O–H groups in total. The minimum atomic E-state index is -0.666. The summed E-state index contributed by atoms with van der Waals surface area (Å²) in [5.74, 6) is 0.528. The van der Waals surface area contributed by atoms with Crippen LogP contribution in [0.3, 0.4) is 0 Å². The first kappa shape index (κ1) is 14.5. The van der Waals surface area contributed by atoms with Crippen molar-refractivity contribution in [1.82, 2.24) is 15.5 Å². The quantitative estimate of drug-likeness (QED) is 0.457. The zero-order valence-electron chi connectivity index (χ0n) is 10.8. The second-order valence-electron chi connectivity index (χ2n) is 4.10. The van der Waals surface area contributed by atoms with E-state index in [1.807, 2.05) is 0 Å². The lowest BCUT2D eigenvalue weighted by atomic mass is 10.1. The van der Waals surface area contributed by atoms with Crippen LogP contribution in [0.5, 0.6) is 0 Å². The van der Waals surface area contributed by atoms with Crippen molar-refractivity contribution in [3.05, 3.63) is 56.2 Å². The first-order chi connectivity index (χ1) is 10.1. The van der Waals surface area contributed by atoms with Gasteiger partial charge in [0.2, 0.25) is 6.39 Å². The van der Waals surface area contributed by atoms with Crippen molar-refractivity contribution in [1.29, 1.82) is 0 Å². The van der Waals surface area contributed by atoms with Crippen LogP contribution in [0.2, 0.25) is 0 Å². The summed E-state index contributed by atoms with van der Waals surface area (Å²) >= 11 is 0. The summed E-state index contributed by atoms with van der Waals surface area (Å²) in [6.45, 7) is 0.708. The lowest BCUT2D eigenvalue weighted by Crippen LogP contribution is -2.18. The summed E-state index contributed by atoms with van der Waals surface area (Å²) in [4.78, 5) is 24.1. The van der Waals surface area contributed by atoms with Crippen molar-refractivity contribution in [3.63, 3.8) is 0 Å². The lowest BCUT2D eigenvalue weighted by molar-refractivity contribution is -0.394. The number of hydrogen-bond donors (Lipinski definition) is 1. The molecule has 0 unspecified atom stereocenters. The summed E-state index contributed by atoms with van der Waals surface area (Å²) in [5.41, 5.74) is -0.216. The van der Waals surface area contributed by atoms with Gasteiger partial charge in [0.05, 0.1) is 15.9 Å². The maximum absolute atomic E-state index is 10.9. The van der Waals surface area contributed by atoms with Crippen molar-refractivity contribution in [3.8, 4) is 0 Å². The number of nitrogens with zero attached hydrogens (tertiary/aromatic N) is 4. The Bertz CT molecular complexity index is 642. The van der Waals surface area contributed by atoms with Crippen LogP contribution in [0.25, 0.3) is 0 Å². The Morgan fingerprint density at radius 2 is 2.05 bits per heavy atom. The molecule has 0 bridgehead atoms. The van der Waals surface area contributed by atoms with Gasteiger partial charge < -0.3 is 9.84 Å².